The third-order valence-electron chi connectivity index (χ3n) is 5.05. The summed E-state index contributed by atoms with van der Waals surface area (Å²) in [5.74, 6) is 2.88. The van der Waals surface area contributed by atoms with E-state index in [9.17, 15) is 0 Å². The predicted octanol–water partition coefficient (Wildman–Crippen LogP) is 2.97. The number of nitrogens with zero attached hydrogens (tertiary/aromatic N) is 8. The van der Waals surface area contributed by atoms with Crippen LogP contribution in [0.4, 0.5) is 11.8 Å². The summed E-state index contributed by atoms with van der Waals surface area (Å²) >= 11 is 0. The molecule has 0 radical (unpaired) electrons. The van der Waals surface area contributed by atoms with Crippen molar-refractivity contribution >= 4 is 17.4 Å². The predicted molar refractivity (Wildman–Crippen MR) is 119 cm³/mol. The van der Waals surface area contributed by atoms with E-state index >= 15 is 0 Å². The molecular weight excluding hydrogens is 406 g/mol. The van der Waals surface area contributed by atoms with Crippen LogP contribution in [0.15, 0.2) is 55.0 Å². The number of rotatable bonds is 6. The van der Waals surface area contributed by atoms with Gasteiger partial charge in [-0.15, -0.1) is 10.2 Å². The minimum absolute atomic E-state index is 0.493. The standard InChI is InChI=1S/C22H21N9O/c1-14-10-17(32-3)12-16(25-14)13-21-29-28-20-11-15(6-9-31(20)21)18-4-7-23-22(26-18)27-19-5-8-24-30(19)2/h4-12H,13H2,1-3H3,(H,23,26,27). The molecule has 0 aliphatic rings. The van der Waals surface area contributed by atoms with Crippen LogP contribution in [-0.4, -0.2) is 46.4 Å². The molecule has 0 aliphatic heterocycles. The summed E-state index contributed by atoms with van der Waals surface area (Å²) < 4.78 is 9.03. The van der Waals surface area contributed by atoms with Crippen LogP contribution in [0.3, 0.4) is 0 Å². The molecule has 0 atom stereocenters. The number of pyridine rings is 2. The maximum Gasteiger partial charge on any atom is 0.228 e. The van der Waals surface area contributed by atoms with Crippen molar-refractivity contribution in [3.63, 3.8) is 0 Å². The smallest absolute Gasteiger partial charge is 0.228 e. The topological polar surface area (TPSA) is 108 Å². The summed E-state index contributed by atoms with van der Waals surface area (Å²) in [5, 5.41) is 16.0. The normalized spacial score (nSPS) is 11.1. The molecule has 1 N–H and O–H groups in total. The van der Waals surface area contributed by atoms with Crippen LogP contribution in [-0.2, 0) is 13.5 Å². The van der Waals surface area contributed by atoms with Crippen molar-refractivity contribution in [2.75, 3.05) is 12.4 Å². The van der Waals surface area contributed by atoms with Crippen LogP contribution < -0.4 is 10.1 Å². The second kappa shape index (κ2) is 8.06. The number of nitrogens with one attached hydrogen (secondary N) is 1. The van der Waals surface area contributed by atoms with Gasteiger partial charge in [0, 0.05) is 48.9 Å². The fraction of sp³-hybridized carbons (Fsp3) is 0.182. The molecule has 5 heterocycles. The molecule has 0 saturated carbocycles. The lowest BCUT2D eigenvalue weighted by Gasteiger charge is -2.07. The molecule has 10 heteroatoms. The first-order valence-corrected chi connectivity index (χ1v) is 10.0. The molecule has 0 bridgehead atoms. The van der Waals surface area contributed by atoms with Crippen molar-refractivity contribution in [3.8, 4) is 17.0 Å². The van der Waals surface area contributed by atoms with Crippen LogP contribution in [0.1, 0.15) is 17.2 Å². The van der Waals surface area contributed by atoms with E-state index < -0.39 is 0 Å². The maximum atomic E-state index is 5.35. The summed E-state index contributed by atoms with van der Waals surface area (Å²) in [6.07, 6.45) is 5.93. The van der Waals surface area contributed by atoms with Gasteiger partial charge in [-0.05, 0) is 25.1 Å². The van der Waals surface area contributed by atoms with Crippen molar-refractivity contribution in [1.29, 1.82) is 0 Å². The first kappa shape index (κ1) is 19.6. The average molecular weight is 427 g/mol. The highest BCUT2D eigenvalue weighted by atomic mass is 16.5. The molecule has 0 amide bonds. The van der Waals surface area contributed by atoms with Gasteiger partial charge in [-0.2, -0.15) is 5.10 Å². The van der Waals surface area contributed by atoms with Gasteiger partial charge < -0.3 is 10.1 Å². The molecule has 5 aromatic rings. The Kier molecular flexibility index (Phi) is 4.94. The molecule has 0 aliphatic carbocycles. The number of aromatic nitrogens is 8. The number of ether oxygens (including phenoxy) is 1. The van der Waals surface area contributed by atoms with E-state index in [2.05, 4.69) is 35.6 Å². The van der Waals surface area contributed by atoms with Crippen molar-refractivity contribution in [3.05, 3.63) is 72.2 Å². The van der Waals surface area contributed by atoms with Gasteiger partial charge in [-0.3, -0.25) is 14.1 Å². The van der Waals surface area contributed by atoms with Gasteiger partial charge >= 0.3 is 0 Å². The Morgan fingerprint density at radius 2 is 1.94 bits per heavy atom. The Morgan fingerprint density at radius 1 is 1.03 bits per heavy atom. The number of anilines is 2. The minimum Gasteiger partial charge on any atom is -0.497 e. The monoisotopic (exact) mass is 427 g/mol. The number of hydrogen-bond donors (Lipinski definition) is 1. The fourth-order valence-corrected chi connectivity index (χ4v) is 3.48. The molecule has 32 heavy (non-hydrogen) atoms. The van der Waals surface area contributed by atoms with E-state index in [1.54, 1.807) is 24.2 Å². The largest absolute Gasteiger partial charge is 0.497 e. The van der Waals surface area contributed by atoms with E-state index in [4.69, 9.17) is 4.74 Å². The molecule has 160 valence electrons. The fourth-order valence-electron chi connectivity index (χ4n) is 3.48. The van der Waals surface area contributed by atoms with E-state index in [0.717, 1.165) is 45.7 Å². The van der Waals surface area contributed by atoms with Crippen LogP contribution in [0.2, 0.25) is 0 Å². The van der Waals surface area contributed by atoms with Crippen LogP contribution in [0, 0.1) is 6.92 Å². The van der Waals surface area contributed by atoms with E-state index in [0.29, 0.717) is 12.4 Å². The lowest BCUT2D eigenvalue weighted by atomic mass is 10.2. The molecule has 0 spiro atoms. The molecular formula is C22H21N9O. The number of aryl methyl sites for hydroxylation is 2. The van der Waals surface area contributed by atoms with Gasteiger partial charge in [0.25, 0.3) is 0 Å². The lowest BCUT2D eigenvalue weighted by Crippen LogP contribution is -2.03. The van der Waals surface area contributed by atoms with Gasteiger partial charge in [0.1, 0.15) is 17.4 Å². The average Bonchev–Trinajstić information content (AvgIpc) is 3.39. The van der Waals surface area contributed by atoms with Crippen molar-refractivity contribution in [2.24, 2.45) is 7.05 Å². The maximum absolute atomic E-state index is 5.35. The second-order valence-corrected chi connectivity index (χ2v) is 7.31. The Balaban J connectivity index is 1.42. The first-order valence-electron chi connectivity index (χ1n) is 10.0. The number of methoxy groups -OCH3 is 1. The quantitative estimate of drug-likeness (QED) is 0.441. The highest BCUT2D eigenvalue weighted by Crippen LogP contribution is 2.22. The lowest BCUT2D eigenvalue weighted by molar-refractivity contribution is 0.413. The van der Waals surface area contributed by atoms with Gasteiger partial charge in [-0.25, -0.2) is 9.97 Å². The zero-order valence-electron chi connectivity index (χ0n) is 17.9. The SMILES string of the molecule is COc1cc(C)nc(Cc2nnc3cc(-c4ccnc(Nc5ccnn5C)n4)ccn23)c1. The highest BCUT2D eigenvalue weighted by Gasteiger charge is 2.11. The van der Waals surface area contributed by atoms with Crippen LogP contribution >= 0.6 is 0 Å². The van der Waals surface area contributed by atoms with Crippen LogP contribution in [0.25, 0.3) is 16.9 Å². The number of hydrogen-bond acceptors (Lipinski definition) is 8. The number of fused-ring (bicyclic) bond motifs is 1. The van der Waals surface area contributed by atoms with Crippen molar-refractivity contribution < 1.29 is 4.74 Å². The molecule has 0 unspecified atom stereocenters. The summed E-state index contributed by atoms with van der Waals surface area (Å²) in [6, 6.07) is 11.5. The van der Waals surface area contributed by atoms with Crippen molar-refractivity contribution in [2.45, 2.75) is 13.3 Å². The van der Waals surface area contributed by atoms with E-state index in [1.807, 2.05) is 61.0 Å². The molecule has 0 fully saturated rings. The molecule has 10 nitrogen and oxygen atoms in total. The zero-order chi connectivity index (χ0) is 22.1. The first-order chi connectivity index (χ1) is 15.6. The van der Waals surface area contributed by atoms with Crippen molar-refractivity contribution in [1.82, 2.24) is 39.3 Å². The summed E-state index contributed by atoms with van der Waals surface area (Å²) in [5.41, 5.74) is 4.21. The van der Waals surface area contributed by atoms with Gasteiger partial charge in [0.15, 0.2) is 5.65 Å². The minimum atomic E-state index is 0.493. The van der Waals surface area contributed by atoms with Gasteiger partial charge in [-0.1, -0.05) is 0 Å². The summed E-state index contributed by atoms with van der Waals surface area (Å²) in [7, 11) is 3.50. The van der Waals surface area contributed by atoms with E-state index in [-0.39, 0.29) is 0 Å². The summed E-state index contributed by atoms with van der Waals surface area (Å²) in [4.78, 5) is 13.5. The van der Waals surface area contributed by atoms with Gasteiger partial charge in [0.2, 0.25) is 5.95 Å². The van der Waals surface area contributed by atoms with Crippen LogP contribution in [0.5, 0.6) is 5.75 Å². The van der Waals surface area contributed by atoms with E-state index in [1.165, 1.54) is 0 Å². The Labute approximate surface area is 184 Å². The zero-order valence-corrected chi connectivity index (χ0v) is 17.9. The Morgan fingerprint density at radius 3 is 2.75 bits per heavy atom. The molecule has 0 aromatic carbocycles. The second-order valence-electron chi connectivity index (χ2n) is 7.31. The van der Waals surface area contributed by atoms with Gasteiger partial charge in [0.05, 0.1) is 31.1 Å². The molecule has 5 rings (SSSR count). The third-order valence-corrected chi connectivity index (χ3v) is 5.05. The highest BCUT2D eigenvalue weighted by molar-refractivity contribution is 5.65. The Hall–Kier alpha value is -4.34. The molecule has 5 aromatic heterocycles. The third kappa shape index (κ3) is 3.85. The summed E-state index contributed by atoms with van der Waals surface area (Å²) in [6.45, 7) is 1.94. The Bertz CT molecular complexity index is 1410. The molecule has 0 saturated heterocycles.